The Kier molecular flexibility index (Phi) is 4.25. The highest BCUT2D eigenvalue weighted by atomic mass is 16.7. The van der Waals surface area contributed by atoms with Crippen molar-refractivity contribution in [3.05, 3.63) is 48.0 Å². The maximum atomic E-state index is 11.4. The molecule has 0 bridgehead atoms. The fourth-order valence-electron chi connectivity index (χ4n) is 2.72. The maximum Gasteiger partial charge on any atom is 0.514 e. The SMILES string of the molecule is COC(=O)Oc1c2cccc(-c3ccc(C(C)C)cc3)c2nn1C. The van der Waals surface area contributed by atoms with Gasteiger partial charge in [-0.15, -0.1) is 0 Å². The molecule has 1 heterocycles. The van der Waals surface area contributed by atoms with Crippen molar-refractivity contribution in [3.8, 4) is 17.0 Å². The first kappa shape index (κ1) is 16.1. The largest absolute Gasteiger partial charge is 0.514 e. The molecule has 0 atom stereocenters. The summed E-state index contributed by atoms with van der Waals surface area (Å²) < 4.78 is 11.4. The van der Waals surface area contributed by atoms with Crippen molar-refractivity contribution in [2.24, 2.45) is 7.05 Å². The number of carbonyl (C=O) groups excluding carboxylic acids is 1. The lowest BCUT2D eigenvalue weighted by Crippen LogP contribution is -2.10. The van der Waals surface area contributed by atoms with E-state index in [0.717, 1.165) is 22.0 Å². The topological polar surface area (TPSA) is 53.4 Å². The molecule has 24 heavy (non-hydrogen) atoms. The number of rotatable bonds is 3. The first-order valence-corrected chi connectivity index (χ1v) is 7.83. The minimum atomic E-state index is -0.758. The van der Waals surface area contributed by atoms with E-state index in [1.807, 2.05) is 18.2 Å². The van der Waals surface area contributed by atoms with Gasteiger partial charge in [0.25, 0.3) is 0 Å². The third kappa shape index (κ3) is 2.85. The lowest BCUT2D eigenvalue weighted by Gasteiger charge is -2.07. The van der Waals surface area contributed by atoms with Gasteiger partial charge >= 0.3 is 6.16 Å². The Balaban J connectivity index is 2.09. The van der Waals surface area contributed by atoms with E-state index in [1.54, 1.807) is 11.7 Å². The van der Waals surface area contributed by atoms with Gasteiger partial charge in [0, 0.05) is 12.6 Å². The van der Waals surface area contributed by atoms with Gasteiger partial charge in [-0.1, -0.05) is 50.2 Å². The summed E-state index contributed by atoms with van der Waals surface area (Å²) in [5.74, 6) is 0.863. The third-order valence-corrected chi connectivity index (χ3v) is 4.05. The molecule has 0 aliphatic heterocycles. The van der Waals surface area contributed by atoms with Gasteiger partial charge in [-0.3, -0.25) is 0 Å². The van der Waals surface area contributed by atoms with E-state index in [1.165, 1.54) is 12.7 Å². The molecular formula is C19H20N2O3. The fraction of sp³-hybridized carbons (Fsp3) is 0.263. The molecule has 0 N–H and O–H groups in total. The highest BCUT2D eigenvalue weighted by molar-refractivity contribution is 5.97. The van der Waals surface area contributed by atoms with Crippen molar-refractivity contribution in [1.29, 1.82) is 0 Å². The van der Waals surface area contributed by atoms with Crippen LogP contribution in [0.3, 0.4) is 0 Å². The Hall–Kier alpha value is -2.82. The van der Waals surface area contributed by atoms with Crippen molar-refractivity contribution in [3.63, 3.8) is 0 Å². The molecule has 1 aromatic heterocycles. The fourth-order valence-corrected chi connectivity index (χ4v) is 2.72. The molecule has 3 aromatic rings. The van der Waals surface area contributed by atoms with Gasteiger partial charge in [-0.2, -0.15) is 5.10 Å². The van der Waals surface area contributed by atoms with Gasteiger partial charge < -0.3 is 9.47 Å². The molecule has 5 nitrogen and oxygen atoms in total. The van der Waals surface area contributed by atoms with Gasteiger partial charge in [0.1, 0.15) is 5.52 Å². The molecule has 5 heteroatoms. The van der Waals surface area contributed by atoms with Crippen LogP contribution in [0.25, 0.3) is 22.0 Å². The first-order valence-electron chi connectivity index (χ1n) is 7.83. The van der Waals surface area contributed by atoms with Crippen molar-refractivity contribution in [2.45, 2.75) is 19.8 Å². The minimum Gasteiger partial charge on any atom is -0.437 e. The highest BCUT2D eigenvalue weighted by Crippen LogP contribution is 2.33. The van der Waals surface area contributed by atoms with Crippen molar-refractivity contribution < 1.29 is 14.3 Å². The standard InChI is InChI=1S/C19H20N2O3/c1-12(2)13-8-10-14(11-9-13)15-6-5-7-16-17(15)20-21(3)18(16)24-19(22)23-4/h5-12H,1-4H3. The summed E-state index contributed by atoms with van der Waals surface area (Å²) in [7, 11) is 3.02. The smallest absolute Gasteiger partial charge is 0.437 e. The van der Waals surface area contributed by atoms with Crippen LogP contribution in [0.15, 0.2) is 42.5 Å². The molecule has 124 valence electrons. The molecule has 0 saturated carbocycles. The van der Waals surface area contributed by atoms with Crippen LogP contribution in [0.4, 0.5) is 4.79 Å². The highest BCUT2D eigenvalue weighted by Gasteiger charge is 2.17. The van der Waals surface area contributed by atoms with Crippen LogP contribution in [-0.2, 0) is 11.8 Å². The van der Waals surface area contributed by atoms with Crippen LogP contribution in [0.1, 0.15) is 25.3 Å². The Morgan fingerprint density at radius 3 is 2.46 bits per heavy atom. The Bertz CT molecular complexity index is 880. The van der Waals surface area contributed by atoms with Gasteiger partial charge in [0.2, 0.25) is 5.88 Å². The van der Waals surface area contributed by atoms with E-state index in [-0.39, 0.29) is 0 Å². The zero-order valence-corrected chi connectivity index (χ0v) is 14.2. The van der Waals surface area contributed by atoms with E-state index in [2.05, 4.69) is 47.9 Å². The number of carbonyl (C=O) groups is 1. The summed E-state index contributed by atoms with van der Waals surface area (Å²) in [4.78, 5) is 11.4. The molecule has 0 saturated heterocycles. The normalized spacial score (nSPS) is 11.0. The molecule has 0 fully saturated rings. The van der Waals surface area contributed by atoms with E-state index >= 15 is 0 Å². The number of aromatic nitrogens is 2. The minimum absolute atomic E-state index is 0.373. The summed E-state index contributed by atoms with van der Waals surface area (Å²) in [6.45, 7) is 4.34. The number of fused-ring (bicyclic) bond motifs is 1. The van der Waals surface area contributed by atoms with E-state index < -0.39 is 6.16 Å². The number of benzene rings is 2. The second-order valence-electron chi connectivity index (χ2n) is 5.96. The molecular weight excluding hydrogens is 304 g/mol. The third-order valence-electron chi connectivity index (χ3n) is 4.05. The first-order chi connectivity index (χ1) is 11.5. The number of methoxy groups -OCH3 is 1. The van der Waals surface area contributed by atoms with Crippen molar-refractivity contribution in [2.75, 3.05) is 7.11 Å². The number of nitrogens with zero attached hydrogens (tertiary/aromatic N) is 2. The van der Waals surface area contributed by atoms with Crippen molar-refractivity contribution in [1.82, 2.24) is 9.78 Å². The predicted molar refractivity (Wildman–Crippen MR) is 93.3 cm³/mol. The van der Waals surface area contributed by atoms with Gasteiger partial charge in [-0.25, -0.2) is 9.48 Å². The summed E-state index contributed by atoms with van der Waals surface area (Å²) in [6, 6.07) is 14.3. The number of ether oxygens (including phenoxy) is 2. The summed E-state index contributed by atoms with van der Waals surface area (Å²) in [5, 5.41) is 5.29. The zero-order valence-electron chi connectivity index (χ0n) is 14.2. The van der Waals surface area contributed by atoms with E-state index in [0.29, 0.717) is 11.8 Å². The predicted octanol–water partition coefficient (Wildman–Crippen LogP) is 4.51. The summed E-state index contributed by atoms with van der Waals surface area (Å²) in [5.41, 5.74) is 4.16. The monoisotopic (exact) mass is 324 g/mol. The van der Waals surface area contributed by atoms with E-state index in [9.17, 15) is 4.79 Å². The average Bonchev–Trinajstić information content (AvgIpc) is 2.90. The average molecular weight is 324 g/mol. The van der Waals surface area contributed by atoms with E-state index in [4.69, 9.17) is 4.74 Å². The van der Waals surface area contributed by atoms with Gasteiger partial charge in [0.05, 0.1) is 12.5 Å². The number of aryl methyl sites for hydroxylation is 1. The summed E-state index contributed by atoms with van der Waals surface area (Å²) in [6.07, 6.45) is -0.758. The molecule has 0 aliphatic rings. The van der Waals surface area contributed by atoms with Gasteiger partial charge in [-0.05, 0) is 23.1 Å². The summed E-state index contributed by atoms with van der Waals surface area (Å²) >= 11 is 0. The second-order valence-corrected chi connectivity index (χ2v) is 5.96. The lowest BCUT2D eigenvalue weighted by molar-refractivity contribution is 0.118. The van der Waals surface area contributed by atoms with Gasteiger partial charge in [0.15, 0.2) is 0 Å². The van der Waals surface area contributed by atoms with Crippen LogP contribution in [0.5, 0.6) is 5.88 Å². The molecule has 0 aliphatic carbocycles. The Morgan fingerprint density at radius 2 is 1.83 bits per heavy atom. The lowest BCUT2D eigenvalue weighted by atomic mass is 9.98. The number of hydrogen-bond acceptors (Lipinski definition) is 4. The van der Waals surface area contributed by atoms with Crippen LogP contribution in [0.2, 0.25) is 0 Å². The molecule has 2 aromatic carbocycles. The molecule has 0 unspecified atom stereocenters. The van der Waals surface area contributed by atoms with Crippen molar-refractivity contribution >= 4 is 17.1 Å². The quantitative estimate of drug-likeness (QED) is 0.665. The van der Waals surface area contributed by atoms with Crippen LogP contribution >= 0.6 is 0 Å². The van der Waals surface area contributed by atoms with Crippen LogP contribution in [-0.4, -0.2) is 23.0 Å². The van der Waals surface area contributed by atoms with Crippen LogP contribution in [0, 0.1) is 0 Å². The molecule has 0 spiro atoms. The van der Waals surface area contributed by atoms with Crippen LogP contribution < -0.4 is 4.74 Å². The zero-order chi connectivity index (χ0) is 17.3. The number of hydrogen-bond donors (Lipinski definition) is 0. The Morgan fingerprint density at radius 1 is 1.12 bits per heavy atom. The molecule has 3 rings (SSSR count). The second kappa shape index (κ2) is 6.35. The maximum absolute atomic E-state index is 11.4. The molecule has 0 amide bonds. The molecule has 0 radical (unpaired) electrons. The Labute approximate surface area is 140 Å².